The Bertz CT molecular complexity index is 317. The number of hydrogen-bond acceptors (Lipinski definition) is 3. The first-order chi connectivity index (χ1) is 8.48. The second kappa shape index (κ2) is 6.92. The maximum atomic E-state index is 9.12. The summed E-state index contributed by atoms with van der Waals surface area (Å²) in [5, 5.41) is 9.12. The van der Waals surface area contributed by atoms with Crippen LogP contribution in [0, 0.1) is 16.7 Å². The molecule has 1 unspecified atom stereocenters. The van der Waals surface area contributed by atoms with Crippen molar-refractivity contribution in [3.05, 3.63) is 12.2 Å². The van der Waals surface area contributed by atoms with Gasteiger partial charge < -0.3 is 9.64 Å². The van der Waals surface area contributed by atoms with Gasteiger partial charge in [-0.3, -0.25) is 0 Å². The van der Waals surface area contributed by atoms with Gasteiger partial charge in [0.25, 0.3) is 0 Å². The molecule has 0 spiro atoms. The van der Waals surface area contributed by atoms with Gasteiger partial charge in [0, 0.05) is 13.1 Å². The fourth-order valence-electron chi connectivity index (χ4n) is 2.38. The van der Waals surface area contributed by atoms with E-state index in [2.05, 4.69) is 24.5 Å². The summed E-state index contributed by atoms with van der Waals surface area (Å²) < 4.78 is 5.66. The van der Waals surface area contributed by atoms with Gasteiger partial charge in [-0.15, -0.1) is 0 Å². The van der Waals surface area contributed by atoms with Crippen LogP contribution in [0.3, 0.4) is 0 Å². The quantitative estimate of drug-likeness (QED) is 0.652. The van der Waals surface area contributed by atoms with Gasteiger partial charge in [0.05, 0.1) is 24.2 Å². The predicted octanol–water partition coefficient (Wildman–Crippen LogP) is 2.98. The van der Waals surface area contributed by atoms with E-state index in [4.69, 9.17) is 10.00 Å². The summed E-state index contributed by atoms with van der Waals surface area (Å²) in [6.45, 7) is 13.9. The molecular weight excluding hydrogens is 224 g/mol. The molecule has 0 aromatic rings. The molecule has 0 amide bonds. The van der Waals surface area contributed by atoms with Crippen molar-refractivity contribution < 1.29 is 4.74 Å². The van der Waals surface area contributed by atoms with Gasteiger partial charge in [-0.25, -0.2) is 0 Å². The average molecular weight is 250 g/mol. The lowest BCUT2D eigenvalue weighted by atomic mass is 9.94. The standard InChI is InChI=1S/C15H26N2O/c1-5-8-17(12-15(3,4)11-16)9-6-14-13(2)7-10-18-14/h14H,2,5-10,12H2,1,3-4H3. The maximum absolute atomic E-state index is 9.12. The Labute approximate surface area is 111 Å². The van der Waals surface area contributed by atoms with Crippen molar-refractivity contribution in [2.45, 2.75) is 46.1 Å². The van der Waals surface area contributed by atoms with Crippen molar-refractivity contribution in [3.63, 3.8) is 0 Å². The third-order valence-electron chi connectivity index (χ3n) is 3.37. The molecule has 0 N–H and O–H groups in total. The monoisotopic (exact) mass is 250 g/mol. The summed E-state index contributed by atoms with van der Waals surface area (Å²) >= 11 is 0. The lowest BCUT2D eigenvalue weighted by Gasteiger charge is -2.28. The van der Waals surface area contributed by atoms with E-state index in [0.29, 0.717) is 0 Å². The van der Waals surface area contributed by atoms with Gasteiger partial charge in [-0.2, -0.15) is 5.26 Å². The molecule has 0 bridgehead atoms. The maximum Gasteiger partial charge on any atom is 0.0795 e. The first-order valence-corrected chi connectivity index (χ1v) is 6.91. The Hall–Kier alpha value is -0.850. The first-order valence-electron chi connectivity index (χ1n) is 6.91. The van der Waals surface area contributed by atoms with Crippen LogP contribution in [0.15, 0.2) is 12.2 Å². The van der Waals surface area contributed by atoms with Crippen molar-refractivity contribution in [1.29, 1.82) is 5.26 Å². The fraction of sp³-hybridized carbons (Fsp3) is 0.800. The SMILES string of the molecule is C=C1CCOC1CCN(CCC)CC(C)(C)C#N. The highest BCUT2D eigenvalue weighted by molar-refractivity contribution is 5.06. The summed E-state index contributed by atoms with van der Waals surface area (Å²) in [5.74, 6) is 0. The topological polar surface area (TPSA) is 36.3 Å². The molecule has 1 atom stereocenters. The summed E-state index contributed by atoms with van der Waals surface area (Å²) in [6.07, 6.45) is 3.35. The number of rotatable bonds is 7. The average Bonchev–Trinajstić information content (AvgIpc) is 2.72. The highest BCUT2D eigenvalue weighted by atomic mass is 16.5. The van der Waals surface area contributed by atoms with Gasteiger partial charge in [-0.1, -0.05) is 13.5 Å². The number of hydrogen-bond donors (Lipinski definition) is 0. The Balaban J connectivity index is 2.43. The normalized spacial score (nSPS) is 20.4. The molecule has 1 heterocycles. The van der Waals surface area contributed by atoms with E-state index in [0.717, 1.165) is 45.5 Å². The molecule has 3 nitrogen and oxygen atoms in total. The first kappa shape index (κ1) is 15.2. The van der Waals surface area contributed by atoms with Gasteiger partial charge in [-0.05, 0) is 45.2 Å². The van der Waals surface area contributed by atoms with Crippen molar-refractivity contribution in [2.75, 3.05) is 26.2 Å². The molecular formula is C15H26N2O. The third-order valence-corrected chi connectivity index (χ3v) is 3.37. The fourth-order valence-corrected chi connectivity index (χ4v) is 2.38. The molecule has 1 aliphatic rings. The number of nitrogens with zero attached hydrogens (tertiary/aromatic N) is 2. The van der Waals surface area contributed by atoms with E-state index in [-0.39, 0.29) is 11.5 Å². The van der Waals surface area contributed by atoms with E-state index in [1.807, 2.05) is 13.8 Å². The van der Waals surface area contributed by atoms with Gasteiger partial charge >= 0.3 is 0 Å². The molecule has 0 radical (unpaired) electrons. The summed E-state index contributed by atoms with van der Waals surface area (Å²) in [7, 11) is 0. The van der Waals surface area contributed by atoms with E-state index in [9.17, 15) is 0 Å². The number of nitriles is 1. The molecule has 0 aromatic heterocycles. The summed E-state index contributed by atoms with van der Waals surface area (Å²) in [4.78, 5) is 2.37. The lowest BCUT2D eigenvalue weighted by molar-refractivity contribution is 0.100. The zero-order chi connectivity index (χ0) is 13.6. The van der Waals surface area contributed by atoms with Gasteiger partial charge in [0.2, 0.25) is 0 Å². The van der Waals surface area contributed by atoms with Crippen LogP contribution in [0.4, 0.5) is 0 Å². The van der Waals surface area contributed by atoms with Crippen LogP contribution >= 0.6 is 0 Å². The summed E-state index contributed by atoms with van der Waals surface area (Å²) in [5.41, 5.74) is 0.953. The van der Waals surface area contributed by atoms with E-state index < -0.39 is 0 Å². The van der Waals surface area contributed by atoms with Crippen molar-refractivity contribution in [1.82, 2.24) is 4.90 Å². The third kappa shape index (κ3) is 4.80. The highest BCUT2D eigenvalue weighted by Gasteiger charge is 2.24. The van der Waals surface area contributed by atoms with E-state index in [1.165, 1.54) is 5.57 Å². The van der Waals surface area contributed by atoms with Gasteiger partial charge in [0.1, 0.15) is 0 Å². The van der Waals surface area contributed by atoms with E-state index >= 15 is 0 Å². The molecule has 1 fully saturated rings. The van der Waals surface area contributed by atoms with Crippen LogP contribution in [0.2, 0.25) is 0 Å². The van der Waals surface area contributed by atoms with Crippen LogP contribution in [0.25, 0.3) is 0 Å². The number of ether oxygens (including phenoxy) is 1. The Morgan fingerprint density at radius 1 is 1.50 bits per heavy atom. The van der Waals surface area contributed by atoms with Crippen molar-refractivity contribution in [2.24, 2.45) is 5.41 Å². The molecule has 102 valence electrons. The Kier molecular flexibility index (Phi) is 5.84. The zero-order valence-electron chi connectivity index (χ0n) is 12.0. The van der Waals surface area contributed by atoms with Crippen LogP contribution in [-0.2, 0) is 4.74 Å². The minimum atomic E-state index is -0.275. The second-order valence-electron chi connectivity index (χ2n) is 5.83. The second-order valence-corrected chi connectivity index (χ2v) is 5.83. The van der Waals surface area contributed by atoms with E-state index in [1.54, 1.807) is 0 Å². The lowest BCUT2D eigenvalue weighted by Crippen LogP contribution is -2.36. The molecule has 0 saturated carbocycles. The Morgan fingerprint density at radius 2 is 2.22 bits per heavy atom. The smallest absolute Gasteiger partial charge is 0.0795 e. The van der Waals surface area contributed by atoms with Crippen LogP contribution in [0.5, 0.6) is 0 Å². The van der Waals surface area contributed by atoms with Crippen LogP contribution in [0.1, 0.15) is 40.0 Å². The largest absolute Gasteiger partial charge is 0.373 e. The molecule has 0 aromatic carbocycles. The molecule has 18 heavy (non-hydrogen) atoms. The highest BCUT2D eigenvalue weighted by Crippen LogP contribution is 2.22. The molecule has 1 aliphatic heterocycles. The van der Waals surface area contributed by atoms with Crippen molar-refractivity contribution in [3.8, 4) is 6.07 Å². The molecule has 1 rings (SSSR count). The van der Waals surface area contributed by atoms with Crippen LogP contribution in [-0.4, -0.2) is 37.2 Å². The summed E-state index contributed by atoms with van der Waals surface area (Å²) in [6, 6.07) is 2.38. The molecule has 1 saturated heterocycles. The minimum absolute atomic E-state index is 0.231. The van der Waals surface area contributed by atoms with Crippen molar-refractivity contribution >= 4 is 0 Å². The minimum Gasteiger partial charge on any atom is -0.373 e. The predicted molar refractivity (Wildman–Crippen MR) is 74.2 cm³/mol. The van der Waals surface area contributed by atoms with Crippen LogP contribution < -0.4 is 0 Å². The molecule has 3 heteroatoms. The van der Waals surface area contributed by atoms with Gasteiger partial charge in [0.15, 0.2) is 0 Å². The molecule has 0 aliphatic carbocycles. The Morgan fingerprint density at radius 3 is 2.72 bits per heavy atom. The zero-order valence-corrected chi connectivity index (χ0v) is 12.0.